The molecule has 0 saturated carbocycles. The summed E-state index contributed by atoms with van der Waals surface area (Å²) in [5.41, 5.74) is 1.22. The van der Waals surface area contributed by atoms with E-state index in [1.807, 2.05) is 48.5 Å². The molecule has 126 valence electrons. The zero-order chi connectivity index (χ0) is 16.8. The Kier molecular flexibility index (Phi) is 5.64. The van der Waals surface area contributed by atoms with E-state index in [0.717, 1.165) is 11.3 Å². The van der Waals surface area contributed by atoms with E-state index in [1.54, 1.807) is 0 Å². The maximum absolute atomic E-state index is 12.6. The van der Waals surface area contributed by atoms with Gasteiger partial charge < -0.3 is 9.57 Å². The second kappa shape index (κ2) is 8.11. The second-order valence-corrected chi connectivity index (χ2v) is 7.30. The van der Waals surface area contributed by atoms with Gasteiger partial charge in [0.15, 0.2) is 0 Å². The molecule has 0 amide bonds. The molecule has 1 saturated heterocycles. The number of nitrogens with zero attached hydrogens (tertiary/aromatic N) is 1. The second-order valence-electron chi connectivity index (χ2n) is 5.80. The van der Waals surface area contributed by atoms with Crippen molar-refractivity contribution in [2.75, 3.05) is 19.5 Å². The van der Waals surface area contributed by atoms with Crippen molar-refractivity contribution in [1.29, 1.82) is 0 Å². The van der Waals surface area contributed by atoms with E-state index < -0.39 is 10.8 Å². The van der Waals surface area contributed by atoms with Gasteiger partial charge in [-0.3, -0.25) is 4.21 Å². The van der Waals surface area contributed by atoms with Crippen LogP contribution in [0.25, 0.3) is 0 Å². The topological polar surface area (TPSA) is 47.9 Å². The molecule has 4 nitrogen and oxygen atoms in total. The summed E-state index contributed by atoms with van der Waals surface area (Å²) in [6.45, 7) is 0.526. The summed E-state index contributed by atoms with van der Waals surface area (Å²) in [6.07, 6.45) is 0.805. The minimum Gasteiger partial charge on any atom is -0.478 e. The summed E-state index contributed by atoms with van der Waals surface area (Å²) in [4.78, 5) is 5.77. The molecule has 1 aliphatic rings. The van der Waals surface area contributed by atoms with E-state index in [9.17, 15) is 4.21 Å². The van der Waals surface area contributed by atoms with E-state index in [1.165, 1.54) is 12.7 Å². The average Bonchev–Trinajstić information content (AvgIpc) is 2.99. The van der Waals surface area contributed by atoms with Crippen molar-refractivity contribution < 1.29 is 13.8 Å². The van der Waals surface area contributed by atoms with Gasteiger partial charge in [0, 0.05) is 22.5 Å². The molecule has 1 fully saturated rings. The lowest BCUT2D eigenvalue weighted by Crippen LogP contribution is -2.24. The Morgan fingerprint density at radius 2 is 1.79 bits per heavy atom. The van der Waals surface area contributed by atoms with Crippen molar-refractivity contribution in [3.05, 3.63) is 66.2 Å². The lowest BCUT2D eigenvalue weighted by molar-refractivity contribution is 0.195. The molecule has 1 unspecified atom stereocenters. The van der Waals surface area contributed by atoms with Gasteiger partial charge in [-0.05, 0) is 24.1 Å². The third-order valence-electron chi connectivity index (χ3n) is 4.18. The van der Waals surface area contributed by atoms with Crippen molar-refractivity contribution in [3.8, 4) is 0 Å². The molecule has 0 spiro atoms. The first-order valence-corrected chi connectivity index (χ1v) is 9.31. The Labute approximate surface area is 144 Å². The number of hydrogen-bond donors (Lipinski definition) is 0. The highest BCUT2D eigenvalue weighted by Crippen LogP contribution is 2.29. The van der Waals surface area contributed by atoms with Gasteiger partial charge in [-0.2, -0.15) is 0 Å². The van der Waals surface area contributed by atoms with Crippen LogP contribution in [-0.2, 0) is 26.8 Å². The van der Waals surface area contributed by atoms with Crippen molar-refractivity contribution in [1.82, 2.24) is 0 Å². The highest BCUT2D eigenvalue weighted by Gasteiger charge is 2.37. The zero-order valence-corrected chi connectivity index (χ0v) is 14.4. The SMILES string of the molecule is CO/N=C1\OC[C@H](CS(=O)c2ccccc2)[C@@H]1Cc1ccccc1. The minimum atomic E-state index is -1.05. The number of oxime groups is 1. The molecule has 5 heteroatoms. The third-order valence-corrected chi connectivity index (χ3v) is 5.71. The molecule has 0 aliphatic carbocycles. The molecule has 1 aliphatic heterocycles. The van der Waals surface area contributed by atoms with Gasteiger partial charge in [0.05, 0.1) is 17.4 Å². The van der Waals surface area contributed by atoms with Crippen LogP contribution in [-0.4, -0.2) is 29.6 Å². The molecule has 2 aromatic carbocycles. The number of ether oxygens (including phenoxy) is 1. The van der Waals surface area contributed by atoms with Crippen LogP contribution in [0.4, 0.5) is 0 Å². The standard InChI is InChI=1S/C19H21NO3S/c1-22-20-19-18(12-15-8-4-2-5-9-15)16(13-23-19)14-24(21)17-10-6-3-7-11-17/h2-11,16,18H,12-14H2,1H3/b20-19-/t16-,18+,24?/m1/s1. The quantitative estimate of drug-likeness (QED) is 0.757. The molecule has 0 aromatic heterocycles. The van der Waals surface area contributed by atoms with Crippen LogP contribution in [0.1, 0.15) is 5.56 Å². The lowest BCUT2D eigenvalue weighted by Gasteiger charge is -2.16. The van der Waals surface area contributed by atoms with Crippen LogP contribution in [0, 0.1) is 11.8 Å². The highest BCUT2D eigenvalue weighted by atomic mass is 32.2. The van der Waals surface area contributed by atoms with Gasteiger partial charge >= 0.3 is 0 Å². The summed E-state index contributed by atoms with van der Waals surface area (Å²) < 4.78 is 18.4. The summed E-state index contributed by atoms with van der Waals surface area (Å²) in [5.74, 6) is 1.40. The molecular formula is C19H21NO3S. The Hall–Kier alpha value is -2.14. The average molecular weight is 343 g/mol. The van der Waals surface area contributed by atoms with E-state index in [4.69, 9.17) is 9.57 Å². The molecule has 2 aromatic rings. The van der Waals surface area contributed by atoms with E-state index in [0.29, 0.717) is 18.3 Å². The molecule has 3 atom stereocenters. The predicted octanol–water partition coefficient (Wildman–Crippen LogP) is 3.26. The monoisotopic (exact) mass is 343 g/mol. The van der Waals surface area contributed by atoms with Gasteiger partial charge in [-0.1, -0.05) is 53.7 Å². The summed E-state index contributed by atoms with van der Waals surface area (Å²) >= 11 is 0. The number of benzene rings is 2. The van der Waals surface area contributed by atoms with Crippen LogP contribution < -0.4 is 0 Å². The summed E-state index contributed by atoms with van der Waals surface area (Å²) in [6, 6.07) is 19.8. The molecule has 0 bridgehead atoms. The fourth-order valence-electron chi connectivity index (χ4n) is 2.95. The minimum absolute atomic E-state index is 0.0833. The summed E-state index contributed by atoms with van der Waals surface area (Å²) in [5, 5.41) is 4.03. The van der Waals surface area contributed by atoms with E-state index >= 15 is 0 Å². The highest BCUT2D eigenvalue weighted by molar-refractivity contribution is 7.85. The lowest BCUT2D eigenvalue weighted by atomic mass is 9.90. The first kappa shape index (κ1) is 16.7. The van der Waals surface area contributed by atoms with Crippen LogP contribution >= 0.6 is 0 Å². The Bertz CT molecular complexity index is 703. The molecule has 0 radical (unpaired) electrons. The van der Waals surface area contributed by atoms with Crippen molar-refractivity contribution >= 4 is 16.7 Å². The first-order chi connectivity index (χ1) is 11.8. The fraction of sp³-hybridized carbons (Fsp3) is 0.316. The summed E-state index contributed by atoms with van der Waals surface area (Å²) in [7, 11) is 0.473. The van der Waals surface area contributed by atoms with Gasteiger partial charge in [-0.25, -0.2) is 0 Å². The van der Waals surface area contributed by atoms with Gasteiger partial charge in [0.1, 0.15) is 7.11 Å². The van der Waals surface area contributed by atoms with Gasteiger partial charge in [-0.15, -0.1) is 0 Å². The third kappa shape index (κ3) is 4.03. The Morgan fingerprint density at radius 3 is 2.46 bits per heavy atom. The Balaban J connectivity index is 1.75. The molecule has 24 heavy (non-hydrogen) atoms. The smallest absolute Gasteiger partial charge is 0.229 e. The van der Waals surface area contributed by atoms with Crippen molar-refractivity contribution in [2.45, 2.75) is 11.3 Å². The normalized spacial score (nSPS) is 23.0. The van der Waals surface area contributed by atoms with Crippen molar-refractivity contribution in [3.63, 3.8) is 0 Å². The number of hydrogen-bond acceptors (Lipinski definition) is 4. The van der Waals surface area contributed by atoms with Crippen LogP contribution in [0.15, 0.2) is 70.7 Å². The molecule has 0 N–H and O–H groups in total. The largest absolute Gasteiger partial charge is 0.478 e. The van der Waals surface area contributed by atoms with Crippen LogP contribution in [0.2, 0.25) is 0 Å². The van der Waals surface area contributed by atoms with Crippen LogP contribution in [0.5, 0.6) is 0 Å². The van der Waals surface area contributed by atoms with E-state index in [2.05, 4.69) is 17.3 Å². The fourth-order valence-corrected chi connectivity index (χ4v) is 4.32. The van der Waals surface area contributed by atoms with Crippen LogP contribution in [0.3, 0.4) is 0 Å². The molecule has 1 heterocycles. The zero-order valence-electron chi connectivity index (χ0n) is 13.6. The van der Waals surface area contributed by atoms with Gasteiger partial charge in [0.2, 0.25) is 5.90 Å². The van der Waals surface area contributed by atoms with E-state index in [-0.39, 0.29) is 11.8 Å². The Morgan fingerprint density at radius 1 is 1.12 bits per heavy atom. The number of rotatable bonds is 6. The molecule has 3 rings (SSSR count). The maximum Gasteiger partial charge on any atom is 0.229 e. The molecular weight excluding hydrogens is 322 g/mol. The predicted molar refractivity (Wildman–Crippen MR) is 95.2 cm³/mol. The maximum atomic E-state index is 12.6. The first-order valence-electron chi connectivity index (χ1n) is 7.99. The van der Waals surface area contributed by atoms with Gasteiger partial charge in [0.25, 0.3) is 0 Å². The van der Waals surface area contributed by atoms with Crippen molar-refractivity contribution in [2.24, 2.45) is 17.0 Å².